The van der Waals surface area contributed by atoms with E-state index in [2.05, 4.69) is 214 Å². The van der Waals surface area contributed by atoms with Crippen molar-refractivity contribution >= 4 is 52.1 Å². The summed E-state index contributed by atoms with van der Waals surface area (Å²) in [6.07, 6.45) is 6.50. The van der Waals surface area contributed by atoms with Gasteiger partial charge in [-0.1, -0.05) is 151 Å². The Labute approximate surface area is 377 Å². The van der Waals surface area contributed by atoms with Gasteiger partial charge in [0, 0.05) is 28.8 Å². The number of aromatic nitrogens is 3. The van der Waals surface area contributed by atoms with E-state index in [0.717, 1.165) is 45.8 Å². The summed E-state index contributed by atoms with van der Waals surface area (Å²) < 4.78 is 2.34. The van der Waals surface area contributed by atoms with Gasteiger partial charge in [-0.25, -0.2) is 0 Å². The molecule has 0 saturated heterocycles. The van der Waals surface area contributed by atoms with Crippen LogP contribution in [0.4, 0.5) is 17.1 Å². The molecule has 1 aliphatic heterocycles. The first-order chi connectivity index (χ1) is 28.9. The van der Waals surface area contributed by atoms with E-state index in [1.807, 2.05) is 6.07 Å². The van der Waals surface area contributed by atoms with Gasteiger partial charge in [-0.05, 0) is 94.4 Å². The molecular weight excluding hydrogens is 939 g/mol. The minimum Gasteiger partial charge on any atom is -0.661 e. The van der Waals surface area contributed by atoms with Gasteiger partial charge in [0.05, 0.1) is 8.07 Å². The van der Waals surface area contributed by atoms with Crippen molar-refractivity contribution in [2.24, 2.45) is 5.92 Å². The Balaban J connectivity index is 0.000000226. The Hall–Kier alpha value is -5.33. The van der Waals surface area contributed by atoms with Gasteiger partial charge in [0.25, 0.3) is 0 Å². The molecule has 9 rings (SSSR count). The van der Waals surface area contributed by atoms with Crippen LogP contribution < -0.4 is 10.1 Å². The summed E-state index contributed by atoms with van der Waals surface area (Å²) >= 11 is 0. The molecule has 1 atom stereocenters. The van der Waals surface area contributed by atoms with Crippen LogP contribution in [-0.4, -0.2) is 22.6 Å². The second-order valence-corrected chi connectivity index (χ2v) is 23.1. The molecule has 8 aromatic rings. The minimum absolute atomic E-state index is 0. The van der Waals surface area contributed by atoms with E-state index in [4.69, 9.17) is 5.32 Å². The molecule has 0 amide bonds. The topological polar surface area (TPSA) is 48.1 Å². The van der Waals surface area contributed by atoms with Gasteiger partial charge in [0.15, 0.2) is 0 Å². The fourth-order valence-corrected chi connectivity index (χ4v) is 10.3. The molecule has 1 unspecified atom stereocenters. The molecule has 0 spiro atoms. The third kappa shape index (κ3) is 8.88. The number of fused-ring (bicyclic) bond motifs is 4. The number of benzene rings is 5. The molecule has 0 fully saturated rings. The third-order valence-electron chi connectivity index (χ3n) is 11.5. The van der Waals surface area contributed by atoms with E-state index >= 15 is 0 Å². The predicted octanol–water partition coefficient (Wildman–Crippen LogP) is 14.4. The molecule has 5 aromatic carbocycles. The van der Waals surface area contributed by atoms with Crippen LogP contribution in [-0.2, 0) is 26.5 Å². The first kappa shape index (κ1) is 43.7. The zero-order valence-electron chi connectivity index (χ0n) is 36.9. The van der Waals surface area contributed by atoms with Crippen molar-refractivity contribution in [1.82, 2.24) is 14.5 Å². The fraction of sp³-hybridized carbons (Fsp3) is 0.259. The van der Waals surface area contributed by atoms with Gasteiger partial charge < -0.3 is 19.8 Å². The number of rotatable bonds is 9. The van der Waals surface area contributed by atoms with Crippen molar-refractivity contribution in [2.45, 2.75) is 85.6 Å². The van der Waals surface area contributed by atoms with Crippen LogP contribution in [0.25, 0.3) is 44.1 Å². The quantitative estimate of drug-likeness (QED) is 0.107. The molecular formula is C54H56IrN5Si. The average Bonchev–Trinajstić information content (AvgIpc) is 3.79. The van der Waals surface area contributed by atoms with Crippen LogP contribution in [0.3, 0.4) is 0 Å². The van der Waals surface area contributed by atoms with Gasteiger partial charge in [0.2, 0.25) is 0 Å². The predicted molar refractivity (Wildman–Crippen MR) is 256 cm³/mol. The van der Waals surface area contributed by atoms with Crippen LogP contribution in [0, 0.1) is 18.1 Å². The Bertz CT molecular complexity index is 2730. The van der Waals surface area contributed by atoms with Gasteiger partial charge >= 0.3 is 20.1 Å². The van der Waals surface area contributed by atoms with Crippen LogP contribution in [0.15, 0.2) is 140 Å². The van der Waals surface area contributed by atoms with Crippen molar-refractivity contribution < 1.29 is 20.1 Å². The Morgan fingerprint density at radius 3 is 2.08 bits per heavy atom. The van der Waals surface area contributed by atoms with Crippen molar-refractivity contribution in [2.75, 3.05) is 4.90 Å². The molecule has 7 heteroatoms. The SMILES string of the molecule is CC(C)Cc1cc(-c2[c-]cncc2)ncc1[Si](C)(C)C.CC(C)c1cccc(C(C)C)c1N1c2ccccc2[N-]C1c1[c-]cc2c(c1)c1ccccc1n2-c1ccccc1.[Ir+3]. The summed E-state index contributed by atoms with van der Waals surface area (Å²) in [5.41, 5.74) is 14.2. The molecule has 0 aliphatic carbocycles. The fourth-order valence-electron chi connectivity index (χ4n) is 8.67. The van der Waals surface area contributed by atoms with Crippen LogP contribution in [0.5, 0.6) is 0 Å². The number of anilines is 2. The maximum absolute atomic E-state index is 5.32. The largest absolute Gasteiger partial charge is 3.00 e. The van der Waals surface area contributed by atoms with Crippen LogP contribution in [0.1, 0.15) is 81.8 Å². The number of hydrogen-bond acceptors (Lipinski definition) is 3. The van der Waals surface area contributed by atoms with E-state index < -0.39 is 8.07 Å². The Kier molecular flexibility index (Phi) is 13.1. The molecule has 4 heterocycles. The second-order valence-electron chi connectivity index (χ2n) is 18.1. The van der Waals surface area contributed by atoms with Gasteiger partial charge in [-0.2, -0.15) is 35.4 Å². The maximum Gasteiger partial charge on any atom is 3.00 e. The molecule has 310 valence electrons. The van der Waals surface area contributed by atoms with E-state index in [0.29, 0.717) is 17.8 Å². The van der Waals surface area contributed by atoms with E-state index in [1.54, 1.807) is 12.4 Å². The van der Waals surface area contributed by atoms with Crippen molar-refractivity contribution in [1.29, 1.82) is 0 Å². The molecule has 61 heavy (non-hydrogen) atoms. The second kappa shape index (κ2) is 18.3. The van der Waals surface area contributed by atoms with E-state index in [9.17, 15) is 0 Å². The maximum atomic E-state index is 5.32. The van der Waals surface area contributed by atoms with Gasteiger partial charge in [-0.3, -0.25) is 4.98 Å². The summed E-state index contributed by atoms with van der Waals surface area (Å²) in [7, 11) is -1.35. The molecule has 0 radical (unpaired) electrons. The molecule has 0 N–H and O–H groups in total. The monoisotopic (exact) mass is 995 g/mol. The average molecular weight is 995 g/mol. The van der Waals surface area contributed by atoms with Crippen LogP contribution in [0.2, 0.25) is 19.6 Å². The molecule has 5 nitrogen and oxygen atoms in total. The number of para-hydroxylation sites is 5. The number of pyridine rings is 2. The summed E-state index contributed by atoms with van der Waals surface area (Å²) in [4.78, 5) is 11.1. The normalized spacial score (nSPS) is 13.6. The molecule has 0 saturated carbocycles. The number of hydrogen-bond donors (Lipinski definition) is 0. The van der Waals surface area contributed by atoms with E-state index in [1.165, 1.54) is 43.9 Å². The zero-order chi connectivity index (χ0) is 42.1. The summed E-state index contributed by atoms with van der Waals surface area (Å²) in [6.45, 7) is 20.8. The smallest absolute Gasteiger partial charge is 0.661 e. The van der Waals surface area contributed by atoms with Crippen molar-refractivity contribution in [3.05, 3.63) is 180 Å². The van der Waals surface area contributed by atoms with Gasteiger partial charge in [-0.15, -0.1) is 17.1 Å². The van der Waals surface area contributed by atoms with Gasteiger partial charge in [0.1, 0.15) is 0 Å². The van der Waals surface area contributed by atoms with Crippen molar-refractivity contribution in [3.8, 4) is 16.9 Å². The standard InChI is InChI=1S/C37H33N3.C17H23N2Si.Ir/c1-24(2)28-16-12-17-29(25(3)4)36(28)40-35-20-11-9-18-32(35)38-37(40)26-21-22-34-31(23-26)30-15-8-10-19-33(30)39(34)27-13-6-5-7-14-27;1-13(2)10-15-11-16(14-6-8-18-9-7-14)19-12-17(15)20(3,4)5;/h5-20,22-25,37H,1-4H3;6,8-9,11-13H,10H2,1-5H3;/q-2;-1;+3. The van der Waals surface area contributed by atoms with E-state index in [-0.39, 0.29) is 26.3 Å². The summed E-state index contributed by atoms with van der Waals surface area (Å²) in [5, 5.41) is 9.26. The van der Waals surface area contributed by atoms with Crippen molar-refractivity contribution in [3.63, 3.8) is 0 Å². The Morgan fingerprint density at radius 1 is 0.721 bits per heavy atom. The number of nitrogens with zero attached hydrogens (tertiary/aromatic N) is 5. The summed E-state index contributed by atoms with van der Waals surface area (Å²) in [5.74, 6) is 1.43. The molecule has 1 aliphatic rings. The Morgan fingerprint density at radius 2 is 1.41 bits per heavy atom. The van der Waals surface area contributed by atoms with Crippen LogP contribution >= 0.6 is 0 Å². The summed E-state index contributed by atoms with van der Waals surface area (Å²) in [6, 6.07) is 50.1. The minimum atomic E-state index is -1.35. The third-order valence-corrected chi connectivity index (χ3v) is 13.5. The molecule has 3 aromatic heterocycles. The zero-order valence-corrected chi connectivity index (χ0v) is 40.3. The first-order valence-electron chi connectivity index (χ1n) is 21.4. The molecule has 0 bridgehead atoms. The first-order valence-corrected chi connectivity index (χ1v) is 24.9.